The monoisotopic (exact) mass is 472 g/mol. The van der Waals surface area contributed by atoms with Crippen LogP contribution in [0.15, 0.2) is 12.1 Å². The number of hydrogen-bond acceptors (Lipinski definition) is 4. The first-order valence-electron chi connectivity index (χ1n) is 9.42. The van der Waals surface area contributed by atoms with Crippen LogP contribution in [0, 0.1) is 0 Å². The molecule has 160 valence electrons. The highest BCUT2D eigenvalue weighted by atomic mass is 35.5. The quantitative estimate of drug-likeness (QED) is 0.426. The van der Waals surface area contributed by atoms with Gasteiger partial charge in [-0.15, -0.1) is 12.4 Å². The Morgan fingerprint density at radius 1 is 1.00 bits per heavy atom. The van der Waals surface area contributed by atoms with Crippen LogP contribution in [0.1, 0.15) is 32.6 Å². The number of ether oxygens (including phenoxy) is 2. The molecule has 1 amide bonds. The first kappa shape index (κ1) is 25.4. The summed E-state index contributed by atoms with van der Waals surface area (Å²) in [5.41, 5.74) is 0. The normalized spacial score (nSPS) is 14.5. The smallest absolute Gasteiger partial charge is 0.409 e. The highest BCUT2D eigenvalue weighted by molar-refractivity contribution is 6.40. The van der Waals surface area contributed by atoms with Crippen LogP contribution in [0.4, 0.5) is 4.79 Å². The third kappa shape index (κ3) is 8.42. The van der Waals surface area contributed by atoms with Gasteiger partial charge in [-0.25, -0.2) is 4.79 Å². The van der Waals surface area contributed by atoms with Gasteiger partial charge in [-0.05, 0) is 38.4 Å². The minimum Gasteiger partial charge on any atom is -0.490 e. The van der Waals surface area contributed by atoms with Gasteiger partial charge in [0.1, 0.15) is 0 Å². The number of rotatable bonds is 9. The Hall–Kier alpha value is -0.590. The second-order valence-corrected chi connectivity index (χ2v) is 7.74. The van der Waals surface area contributed by atoms with Crippen molar-refractivity contribution in [2.75, 3.05) is 45.9 Å². The van der Waals surface area contributed by atoms with Gasteiger partial charge >= 0.3 is 6.09 Å². The van der Waals surface area contributed by atoms with E-state index in [1.54, 1.807) is 17.0 Å². The van der Waals surface area contributed by atoms with Gasteiger partial charge in [-0.2, -0.15) is 0 Å². The lowest BCUT2D eigenvalue weighted by atomic mass is 10.2. The second kappa shape index (κ2) is 13.6. The van der Waals surface area contributed by atoms with Crippen LogP contribution in [-0.4, -0.2) is 61.8 Å². The molecule has 0 radical (unpaired) electrons. The molecule has 1 heterocycles. The lowest BCUT2D eigenvalue weighted by Gasteiger charge is -2.34. The van der Waals surface area contributed by atoms with Gasteiger partial charge in [0.25, 0.3) is 0 Å². The molecule has 1 aromatic carbocycles. The molecule has 0 unspecified atom stereocenters. The topological polar surface area (TPSA) is 42.0 Å². The number of nitrogens with zero attached hydrogens (tertiary/aromatic N) is 2. The molecule has 5 nitrogen and oxygen atoms in total. The summed E-state index contributed by atoms with van der Waals surface area (Å²) in [6.45, 7) is 7.22. The third-order valence-corrected chi connectivity index (χ3v) is 5.26. The van der Waals surface area contributed by atoms with E-state index in [0.29, 0.717) is 34.0 Å². The molecule has 0 bridgehead atoms. The number of carbonyl (C=O) groups excluding carboxylic acids is 1. The zero-order valence-corrected chi connectivity index (χ0v) is 19.2. The number of carbonyl (C=O) groups is 1. The molecule has 1 aliphatic heterocycles. The summed E-state index contributed by atoms with van der Waals surface area (Å²) >= 11 is 18.1. The molecule has 9 heteroatoms. The number of benzene rings is 1. The molecule has 1 saturated heterocycles. The zero-order chi connectivity index (χ0) is 19.6. The minimum atomic E-state index is -0.196. The molecule has 1 aliphatic rings. The largest absolute Gasteiger partial charge is 0.490 e. The third-order valence-electron chi connectivity index (χ3n) is 4.48. The van der Waals surface area contributed by atoms with Crippen LogP contribution in [0.2, 0.25) is 15.1 Å². The van der Waals surface area contributed by atoms with Crippen LogP contribution in [0.5, 0.6) is 5.75 Å². The fourth-order valence-electron chi connectivity index (χ4n) is 3.00. The molecule has 2 rings (SSSR count). The molecule has 28 heavy (non-hydrogen) atoms. The lowest BCUT2D eigenvalue weighted by Crippen LogP contribution is -2.49. The van der Waals surface area contributed by atoms with E-state index in [-0.39, 0.29) is 18.5 Å². The average Bonchev–Trinajstić information content (AvgIpc) is 2.63. The van der Waals surface area contributed by atoms with Gasteiger partial charge in [0.15, 0.2) is 5.75 Å². The maximum absolute atomic E-state index is 11.7. The molecule has 0 atom stereocenters. The molecule has 0 spiro atoms. The zero-order valence-electron chi connectivity index (χ0n) is 16.1. The Morgan fingerprint density at radius 2 is 1.61 bits per heavy atom. The van der Waals surface area contributed by atoms with Gasteiger partial charge in [-0.1, -0.05) is 47.6 Å². The first-order chi connectivity index (χ1) is 13.0. The molecule has 0 aliphatic carbocycles. The van der Waals surface area contributed by atoms with Crippen molar-refractivity contribution in [3.63, 3.8) is 0 Å². The number of halogens is 4. The van der Waals surface area contributed by atoms with Crippen molar-refractivity contribution in [3.05, 3.63) is 27.2 Å². The van der Waals surface area contributed by atoms with Crippen molar-refractivity contribution in [2.45, 2.75) is 32.6 Å². The Labute approximate surface area is 188 Å². The van der Waals surface area contributed by atoms with Crippen molar-refractivity contribution in [1.29, 1.82) is 0 Å². The van der Waals surface area contributed by atoms with Crippen LogP contribution in [0.25, 0.3) is 0 Å². The van der Waals surface area contributed by atoms with E-state index in [2.05, 4.69) is 4.90 Å². The summed E-state index contributed by atoms with van der Waals surface area (Å²) in [7, 11) is 0. The summed E-state index contributed by atoms with van der Waals surface area (Å²) in [4.78, 5) is 15.9. The number of piperazine rings is 1. The van der Waals surface area contributed by atoms with E-state index in [1.165, 1.54) is 0 Å². The highest BCUT2D eigenvalue weighted by Crippen LogP contribution is 2.35. The van der Waals surface area contributed by atoms with E-state index in [1.807, 2.05) is 6.92 Å². The SMILES string of the molecule is CCOC(=O)N1CCN(CCCCCCOc2c(Cl)cc(Cl)cc2Cl)CC1.Cl. The standard InChI is InChI=1S/C19H27Cl3N2O3.ClH/c1-2-26-19(25)24-10-8-23(9-11-24)7-5-3-4-6-12-27-18-16(21)13-15(20)14-17(18)22;/h13-14H,2-12H2,1H3;1H. The maximum Gasteiger partial charge on any atom is 0.409 e. The van der Waals surface area contributed by atoms with E-state index in [0.717, 1.165) is 58.4 Å². The highest BCUT2D eigenvalue weighted by Gasteiger charge is 2.21. The van der Waals surface area contributed by atoms with Crippen molar-refractivity contribution in [2.24, 2.45) is 0 Å². The van der Waals surface area contributed by atoms with Crippen molar-refractivity contribution in [3.8, 4) is 5.75 Å². The maximum atomic E-state index is 11.7. The Bertz CT molecular complexity index is 588. The summed E-state index contributed by atoms with van der Waals surface area (Å²) in [6, 6.07) is 3.26. The first-order valence-corrected chi connectivity index (χ1v) is 10.6. The van der Waals surface area contributed by atoms with Gasteiger partial charge in [0, 0.05) is 31.2 Å². The molecule has 0 aromatic heterocycles. The van der Waals surface area contributed by atoms with Crippen LogP contribution in [0.3, 0.4) is 0 Å². The summed E-state index contributed by atoms with van der Waals surface area (Å²) in [5.74, 6) is 0.502. The van der Waals surface area contributed by atoms with E-state index in [4.69, 9.17) is 44.3 Å². The lowest BCUT2D eigenvalue weighted by molar-refractivity contribution is 0.0792. The molecule has 0 saturated carbocycles. The fourth-order valence-corrected chi connectivity index (χ4v) is 3.93. The predicted molar refractivity (Wildman–Crippen MR) is 118 cm³/mol. The summed E-state index contributed by atoms with van der Waals surface area (Å²) in [6.07, 6.45) is 4.13. The molecule has 0 N–H and O–H groups in total. The molecular weight excluding hydrogens is 446 g/mol. The van der Waals surface area contributed by atoms with Gasteiger partial charge in [-0.3, -0.25) is 4.90 Å². The molecular formula is C19H28Cl4N2O3. The Kier molecular flexibility index (Phi) is 12.4. The van der Waals surface area contributed by atoms with Gasteiger partial charge in [0.2, 0.25) is 0 Å². The van der Waals surface area contributed by atoms with E-state index < -0.39 is 0 Å². The van der Waals surface area contributed by atoms with Crippen molar-refractivity contribution >= 4 is 53.3 Å². The van der Waals surface area contributed by atoms with E-state index >= 15 is 0 Å². The molecule has 1 fully saturated rings. The fraction of sp³-hybridized carbons (Fsp3) is 0.632. The van der Waals surface area contributed by atoms with Crippen LogP contribution >= 0.6 is 47.2 Å². The number of amides is 1. The van der Waals surface area contributed by atoms with E-state index in [9.17, 15) is 4.79 Å². The summed E-state index contributed by atoms with van der Waals surface area (Å²) < 4.78 is 10.7. The average molecular weight is 474 g/mol. The Balaban J connectivity index is 0.00000392. The van der Waals surface area contributed by atoms with Crippen molar-refractivity contribution < 1.29 is 14.3 Å². The van der Waals surface area contributed by atoms with Crippen molar-refractivity contribution in [1.82, 2.24) is 9.80 Å². The molecule has 1 aromatic rings. The van der Waals surface area contributed by atoms with Crippen LogP contribution < -0.4 is 4.74 Å². The van der Waals surface area contributed by atoms with Crippen LogP contribution in [-0.2, 0) is 4.74 Å². The Morgan fingerprint density at radius 3 is 2.21 bits per heavy atom. The predicted octanol–water partition coefficient (Wildman–Crippen LogP) is 5.78. The summed E-state index contributed by atoms with van der Waals surface area (Å²) in [5, 5.41) is 1.38. The number of hydrogen-bond donors (Lipinski definition) is 0. The minimum absolute atomic E-state index is 0. The second-order valence-electron chi connectivity index (χ2n) is 6.49. The van der Waals surface area contributed by atoms with Gasteiger partial charge < -0.3 is 14.4 Å². The van der Waals surface area contributed by atoms with Gasteiger partial charge in [0.05, 0.1) is 23.3 Å². The number of unbranched alkanes of at least 4 members (excludes halogenated alkanes) is 3.